The summed E-state index contributed by atoms with van der Waals surface area (Å²) in [4.78, 5) is 0. The van der Waals surface area contributed by atoms with Gasteiger partial charge in [0.1, 0.15) is 52.3 Å². The van der Waals surface area contributed by atoms with Gasteiger partial charge in [-0.05, 0) is 71.3 Å². The molecule has 0 N–H and O–H groups in total. The van der Waals surface area contributed by atoms with E-state index in [-0.39, 0.29) is 12.2 Å². The summed E-state index contributed by atoms with van der Waals surface area (Å²) in [5.41, 5.74) is 5.47. The molecule has 0 unspecified atom stereocenters. The van der Waals surface area contributed by atoms with E-state index in [4.69, 9.17) is 32.8 Å². The highest BCUT2D eigenvalue weighted by Crippen LogP contribution is 2.56. The number of benzene rings is 4. The van der Waals surface area contributed by atoms with Crippen molar-refractivity contribution >= 4 is 11.0 Å². The number of hydrogen-bond donors (Lipinski definition) is 0. The number of epoxide rings is 1. The minimum absolute atomic E-state index is 0.103. The molecule has 1 fully saturated rings. The first kappa shape index (κ1) is 25.6. The summed E-state index contributed by atoms with van der Waals surface area (Å²) in [6.07, 6.45) is -0.285. The lowest BCUT2D eigenvalue weighted by Crippen LogP contribution is -1.93. The molecule has 0 bridgehead atoms. The van der Waals surface area contributed by atoms with Crippen molar-refractivity contribution < 1.29 is 32.8 Å². The number of methoxy groups -OCH3 is 5. The van der Waals surface area contributed by atoms with Gasteiger partial charge < -0.3 is 32.8 Å². The van der Waals surface area contributed by atoms with Gasteiger partial charge in [-0.15, -0.1) is 0 Å². The Bertz CT molecular complexity index is 1630. The molecule has 40 heavy (non-hydrogen) atoms. The molecular weight excluding hydrogens is 508 g/mol. The Morgan fingerprint density at radius 2 is 1.07 bits per heavy atom. The highest BCUT2D eigenvalue weighted by atomic mass is 16.6. The molecule has 0 amide bonds. The lowest BCUT2D eigenvalue weighted by molar-refractivity contribution is 0.376. The molecule has 5 aromatic rings. The normalized spacial score (nSPS) is 16.0. The zero-order valence-corrected chi connectivity index (χ0v) is 23.0. The van der Waals surface area contributed by atoms with Crippen LogP contribution in [0.3, 0.4) is 0 Å². The Morgan fingerprint density at radius 3 is 1.65 bits per heavy atom. The van der Waals surface area contributed by atoms with E-state index in [9.17, 15) is 0 Å². The largest absolute Gasteiger partial charge is 0.497 e. The first-order chi connectivity index (χ1) is 19.6. The Balaban J connectivity index is 1.58. The van der Waals surface area contributed by atoms with Crippen molar-refractivity contribution in [1.29, 1.82) is 0 Å². The molecular formula is C33H30O7. The summed E-state index contributed by atoms with van der Waals surface area (Å²) in [7, 11) is 8.25. The molecule has 2 heterocycles. The van der Waals surface area contributed by atoms with Crippen molar-refractivity contribution in [2.24, 2.45) is 0 Å². The SMILES string of the molecule is COc1ccc(-c2oc3cc(OC)cc([C@H]4O[C@@H]4c4ccc(OC)cc4)c3c2-c2cc(OC)cc(OC)c2)cc1. The van der Waals surface area contributed by atoms with E-state index < -0.39 is 0 Å². The van der Waals surface area contributed by atoms with Crippen molar-refractivity contribution in [3.63, 3.8) is 0 Å². The third kappa shape index (κ3) is 4.58. The second kappa shape index (κ2) is 10.5. The first-order valence-electron chi connectivity index (χ1n) is 12.9. The number of rotatable bonds is 9. The second-order valence-electron chi connectivity index (χ2n) is 9.48. The third-order valence-corrected chi connectivity index (χ3v) is 7.27. The number of hydrogen-bond acceptors (Lipinski definition) is 7. The summed E-state index contributed by atoms with van der Waals surface area (Å²) < 4.78 is 40.6. The summed E-state index contributed by atoms with van der Waals surface area (Å²) in [6.45, 7) is 0. The van der Waals surface area contributed by atoms with Crippen LogP contribution in [-0.4, -0.2) is 35.5 Å². The van der Waals surface area contributed by atoms with Crippen LogP contribution in [-0.2, 0) is 4.74 Å². The molecule has 1 saturated heterocycles. The molecule has 6 rings (SSSR count). The maximum absolute atomic E-state index is 6.62. The van der Waals surface area contributed by atoms with Gasteiger partial charge in [0.15, 0.2) is 0 Å². The highest BCUT2D eigenvalue weighted by Gasteiger charge is 2.44. The van der Waals surface area contributed by atoms with Crippen LogP contribution in [0.25, 0.3) is 33.4 Å². The average Bonchev–Trinajstić information content (AvgIpc) is 3.72. The minimum atomic E-state index is -0.182. The van der Waals surface area contributed by atoms with Gasteiger partial charge in [0.25, 0.3) is 0 Å². The zero-order valence-electron chi connectivity index (χ0n) is 23.0. The third-order valence-electron chi connectivity index (χ3n) is 7.27. The van der Waals surface area contributed by atoms with Crippen LogP contribution < -0.4 is 23.7 Å². The molecule has 7 nitrogen and oxygen atoms in total. The van der Waals surface area contributed by atoms with E-state index in [2.05, 4.69) is 0 Å². The van der Waals surface area contributed by atoms with Crippen LogP contribution in [0.4, 0.5) is 0 Å². The van der Waals surface area contributed by atoms with E-state index in [1.54, 1.807) is 35.5 Å². The Hall–Kier alpha value is -4.62. The fourth-order valence-corrected chi connectivity index (χ4v) is 5.14. The van der Waals surface area contributed by atoms with Crippen LogP contribution >= 0.6 is 0 Å². The van der Waals surface area contributed by atoms with Crippen molar-refractivity contribution in [3.8, 4) is 51.2 Å². The summed E-state index contributed by atoms with van der Waals surface area (Å²) in [6, 6.07) is 25.6. The maximum Gasteiger partial charge on any atom is 0.143 e. The minimum Gasteiger partial charge on any atom is -0.497 e. The average molecular weight is 539 g/mol. The molecule has 1 aromatic heterocycles. The summed E-state index contributed by atoms with van der Waals surface area (Å²) in [5, 5.41) is 0.947. The van der Waals surface area contributed by atoms with Crippen molar-refractivity contribution in [2.45, 2.75) is 12.2 Å². The van der Waals surface area contributed by atoms with Gasteiger partial charge in [0.05, 0.1) is 35.5 Å². The molecule has 1 aliphatic heterocycles. The molecule has 0 spiro atoms. The molecule has 0 radical (unpaired) electrons. The Morgan fingerprint density at radius 1 is 0.525 bits per heavy atom. The Labute approximate surface area is 232 Å². The smallest absolute Gasteiger partial charge is 0.143 e. The second-order valence-corrected chi connectivity index (χ2v) is 9.48. The molecule has 4 aromatic carbocycles. The van der Waals surface area contributed by atoms with Gasteiger partial charge in [-0.2, -0.15) is 0 Å². The monoisotopic (exact) mass is 538 g/mol. The van der Waals surface area contributed by atoms with Gasteiger partial charge in [-0.3, -0.25) is 0 Å². The number of fused-ring (bicyclic) bond motifs is 1. The highest BCUT2D eigenvalue weighted by molar-refractivity contribution is 6.04. The Kier molecular flexibility index (Phi) is 6.74. The van der Waals surface area contributed by atoms with E-state index >= 15 is 0 Å². The predicted molar refractivity (Wildman–Crippen MR) is 153 cm³/mol. The molecule has 0 aliphatic carbocycles. The van der Waals surface area contributed by atoms with E-state index in [1.807, 2.05) is 78.9 Å². The number of furan rings is 1. The van der Waals surface area contributed by atoms with E-state index in [0.717, 1.165) is 44.7 Å². The molecule has 0 saturated carbocycles. The van der Waals surface area contributed by atoms with Crippen molar-refractivity contribution in [1.82, 2.24) is 0 Å². The lowest BCUT2D eigenvalue weighted by Gasteiger charge is -2.11. The number of ether oxygens (including phenoxy) is 6. The van der Waals surface area contributed by atoms with Crippen LogP contribution in [0.5, 0.6) is 28.7 Å². The zero-order chi connectivity index (χ0) is 27.8. The molecule has 1 aliphatic rings. The van der Waals surface area contributed by atoms with Crippen molar-refractivity contribution in [2.75, 3.05) is 35.5 Å². The van der Waals surface area contributed by atoms with Gasteiger partial charge in [-0.25, -0.2) is 0 Å². The van der Waals surface area contributed by atoms with Gasteiger partial charge >= 0.3 is 0 Å². The summed E-state index contributed by atoms with van der Waals surface area (Å²) >= 11 is 0. The van der Waals surface area contributed by atoms with Crippen molar-refractivity contribution in [3.05, 3.63) is 90.0 Å². The predicted octanol–water partition coefficient (Wildman–Crippen LogP) is 7.62. The first-order valence-corrected chi connectivity index (χ1v) is 12.9. The van der Waals surface area contributed by atoms with E-state index in [0.29, 0.717) is 28.6 Å². The summed E-state index contributed by atoms with van der Waals surface area (Å²) in [5.74, 6) is 4.33. The molecule has 2 atom stereocenters. The van der Waals surface area contributed by atoms with Gasteiger partial charge in [-0.1, -0.05) is 12.1 Å². The molecule has 204 valence electrons. The van der Waals surface area contributed by atoms with E-state index in [1.165, 1.54) is 0 Å². The molecule has 7 heteroatoms. The maximum atomic E-state index is 6.62. The quantitative estimate of drug-likeness (QED) is 0.179. The lowest BCUT2D eigenvalue weighted by atomic mass is 9.93. The van der Waals surface area contributed by atoms with Crippen LogP contribution in [0.2, 0.25) is 0 Å². The van der Waals surface area contributed by atoms with Crippen LogP contribution in [0, 0.1) is 0 Å². The topological polar surface area (TPSA) is 71.8 Å². The standard InChI is InChI=1S/C33H30O7/c1-34-22-10-6-19(7-11-22)31-29(21-14-24(36-3)16-25(15-21)37-4)30-27(17-26(38-5)18-28(30)39-31)33-32(40-33)20-8-12-23(35-2)13-9-20/h6-18,32-33H,1-5H3/t32-,33-/m1/s1. The van der Waals surface area contributed by atoms with Crippen LogP contribution in [0.1, 0.15) is 23.3 Å². The fraction of sp³-hybridized carbons (Fsp3) is 0.212. The van der Waals surface area contributed by atoms with Gasteiger partial charge in [0, 0.05) is 28.6 Å². The van der Waals surface area contributed by atoms with Gasteiger partial charge in [0.2, 0.25) is 0 Å². The fourth-order valence-electron chi connectivity index (χ4n) is 5.14. The van der Waals surface area contributed by atoms with Crippen LogP contribution in [0.15, 0.2) is 83.3 Å².